The molecule has 0 bridgehead atoms. The fourth-order valence-corrected chi connectivity index (χ4v) is 3.86. The maximum Gasteiger partial charge on any atom is 0.410 e. The number of ether oxygens (including phenoxy) is 2. The molecule has 6 heteroatoms. The number of amides is 1. The number of hydrogen-bond donors (Lipinski definition) is 0. The monoisotopic (exact) mass is 400 g/mol. The Morgan fingerprint density at radius 1 is 1.30 bits per heavy atom. The Hall–Kier alpha value is -1.14. The summed E-state index contributed by atoms with van der Waals surface area (Å²) >= 11 is 1.80. The molecule has 0 aromatic rings. The molecule has 1 atom stereocenters. The Labute approximate surface area is 171 Å². The highest BCUT2D eigenvalue weighted by atomic mass is 32.2. The molecule has 5 nitrogen and oxygen atoms in total. The van der Waals surface area contributed by atoms with Crippen LogP contribution in [-0.2, 0) is 9.47 Å². The van der Waals surface area contributed by atoms with Gasteiger partial charge in [0.15, 0.2) is 0 Å². The van der Waals surface area contributed by atoms with Crippen LogP contribution in [-0.4, -0.2) is 66.6 Å². The van der Waals surface area contributed by atoms with Crippen molar-refractivity contribution in [1.82, 2.24) is 9.80 Å². The summed E-state index contributed by atoms with van der Waals surface area (Å²) in [7, 11) is 3.79. The molecule has 0 N–H and O–H groups in total. The smallest absolute Gasteiger partial charge is 0.410 e. The quantitative estimate of drug-likeness (QED) is 0.564. The van der Waals surface area contributed by atoms with Gasteiger partial charge in [-0.05, 0) is 47.1 Å². The van der Waals surface area contributed by atoms with E-state index >= 15 is 0 Å². The van der Waals surface area contributed by atoms with Crippen LogP contribution in [0, 0.1) is 0 Å². The average Bonchev–Trinajstić information content (AvgIpc) is 2.55. The molecule has 1 amide bonds. The van der Waals surface area contributed by atoms with Gasteiger partial charge in [-0.1, -0.05) is 19.9 Å². The van der Waals surface area contributed by atoms with Gasteiger partial charge in [-0.15, -0.1) is 11.8 Å². The van der Waals surface area contributed by atoms with Gasteiger partial charge < -0.3 is 19.3 Å². The Balaban J connectivity index is 0.00000326. The molecule has 1 aliphatic heterocycles. The van der Waals surface area contributed by atoms with E-state index in [1.807, 2.05) is 41.5 Å². The minimum Gasteiger partial charge on any atom is -0.444 e. The first-order valence-corrected chi connectivity index (χ1v) is 10.6. The maximum atomic E-state index is 12.3. The lowest BCUT2D eigenvalue weighted by Gasteiger charge is -2.33. The molecule has 0 aromatic carbocycles. The Morgan fingerprint density at radius 2 is 1.93 bits per heavy atom. The predicted octanol–water partition coefficient (Wildman–Crippen LogP) is 5.14. The number of allylic oxidation sites excluding steroid dienone is 1. The number of carbonyl (C=O) groups is 1. The fraction of sp³-hybridized carbons (Fsp3) is 0.762. The summed E-state index contributed by atoms with van der Waals surface area (Å²) in [6, 6.07) is 0. The van der Waals surface area contributed by atoms with E-state index in [1.165, 1.54) is 4.91 Å². The summed E-state index contributed by atoms with van der Waals surface area (Å²) in [6.45, 7) is 16.7. The van der Waals surface area contributed by atoms with Crippen LogP contribution in [0.15, 0.2) is 23.3 Å². The van der Waals surface area contributed by atoms with Crippen molar-refractivity contribution in [3.05, 3.63) is 23.3 Å². The highest BCUT2D eigenvalue weighted by molar-refractivity contribution is 8.04. The molecule has 1 heterocycles. The van der Waals surface area contributed by atoms with Crippen molar-refractivity contribution < 1.29 is 14.3 Å². The van der Waals surface area contributed by atoms with Crippen LogP contribution in [0.25, 0.3) is 0 Å². The molecule has 27 heavy (non-hydrogen) atoms. The molecular formula is C21H40N2O3S. The van der Waals surface area contributed by atoms with Crippen molar-refractivity contribution in [3.63, 3.8) is 0 Å². The predicted molar refractivity (Wildman–Crippen MR) is 117 cm³/mol. The number of methoxy groups -OCH3 is 1. The van der Waals surface area contributed by atoms with Crippen LogP contribution in [0.4, 0.5) is 4.79 Å². The minimum atomic E-state index is -0.475. The van der Waals surface area contributed by atoms with Gasteiger partial charge in [0.05, 0.1) is 6.61 Å². The van der Waals surface area contributed by atoms with Crippen molar-refractivity contribution in [2.45, 2.75) is 65.2 Å². The summed E-state index contributed by atoms with van der Waals surface area (Å²) < 4.78 is 10.8. The zero-order valence-electron chi connectivity index (χ0n) is 18.8. The molecule has 0 aliphatic carbocycles. The first-order valence-electron chi connectivity index (χ1n) is 9.83. The van der Waals surface area contributed by atoms with Crippen LogP contribution in [0.2, 0.25) is 0 Å². The molecule has 1 unspecified atom stereocenters. The van der Waals surface area contributed by atoms with E-state index < -0.39 is 5.60 Å². The molecule has 0 aromatic heterocycles. The highest BCUT2D eigenvalue weighted by Gasteiger charge is 2.29. The third-order valence-corrected chi connectivity index (χ3v) is 5.07. The molecule has 1 rings (SSSR count). The van der Waals surface area contributed by atoms with E-state index in [1.54, 1.807) is 23.8 Å². The zero-order chi connectivity index (χ0) is 21.1. The summed E-state index contributed by atoms with van der Waals surface area (Å²) in [5.74, 6) is 0. The van der Waals surface area contributed by atoms with E-state index in [-0.39, 0.29) is 10.8 Å². The molecule has 0 saturated carbocycles. The van der Waals surface area contributed by atoms with Gasteiger partial charge in [-0.2, -0.15) is 0 Å². The van der Waals surface area contributed by atoms with Gasteiger partial charge >= 0.3 is 6.09 Å². The van der Waals surface area contributed by atoms with Crippen LogP contribution < -0.4 is 0 Å². The van der Waals surface area contributed by atoms with E-state index in [4.69, 9.17) is 9.47 Å². The van der Waals surface area contributed by atoms with Gasteiger partial charge in [-0.3, -0.25) is 0 Å². The molecule has 0 saturated heterocycles. The lowest BCUT2D eigenvalue weighted by molar-refractivity contribution is 0.0248. The lowest BCUT2D eigenvalue weighted by atomic mass is 10.1. The van der Waals surface area contributed by atoms with Crippen LogP contribution >= 0.6 is 11.8 Å². The first-order chi connectivity index (χ1) is 12.6. The molecule has 0 spiro atoms. The number of hydrogen-bond acceptors (Lipinski definition) is 5. The van der Waals surface area contributed by atoms with Gasteiger partial charge in [0.1, 0.15) is 5.60 Å². The third kappa shape index (κ3) is 10.7. The average molecular weight is 401 g/mol. The SMILES string of the molecule is CC.CCN(CCC(C)(COC)SC1=CN(C)CC=C1)C(=O)OC(C)(C)C. The fourth-order valence-electron chi connectivity index (χ4n) is 2.53. The second-order valence-corrected chi connectivity index (χ2v) is 9.33. The van der Waals surface area contributed by atoms with Crippen molar-refractivity contribution in [1.29, 1.82) is 0 Å². The number of carbonyl (C=O) groups excluding carboxylic acids is 1. The van der Waals surface area contributed by atoms with Crippen LogP contribution in [0.3, 0.4) is 0 Å². The number of thioether (sulfide) groups is 1. The molecule has 1 aliphatic rings. The van der Waals surface area contributed by atoms with Gasteiger partial charge in [0.25, 0.3) is 0 Å². The molecule has 0 radical (unpaired) electrons. The van der Waals surface area contributed by atoms with Crippen LogP contribution in [0.5, 0.6) is 0 Å². The van der Waals surface area contributed by atoms with Crippen molar-refractivity contribution in [3.8, 4) is 0 Å². The summed E-state index contributed by atoms with van der Waals surface area (Å²) in [6.07, 6.45) is 7.05. The minimum absolute atomic E-state index is 0.113. The van der Waals surface area contributed by atoms with Crippen molar-refractivity contribution in [2.24, 2.45) is 0 Å². The summed E-state index contributed by atoms with van der Waals surface area (Å²) in [5, 5.41) is 0. The molecule has 0 fully saturated rings. The van der Waals surface area contributed by atoms with E-state index in [0.717, 1.165) is 13.0 Å². The zero-order valence-corrected chi connectivity index (χ0v) is 19.6. The van der Waals surface area contributed by atoms with Gasteiger partial charge in [0, 0.05) is 49.6 Å². The van der Waals surface area contributed by atoms with Gasteiger partial charge in [-0.25, -0.2) is 4.79 Å². The normalized spacial score (nSPS) is 16.0. The largest absolute Gasteiger partial charge is 0.444 e. The summed E-state index contributed by atoms with van der Waals surface area (Å²) in [4.78, 5) is 17.5. The topological polar surface area (TPSA) is 42.0 Å². The lowest BCUT2D eigenvalue weighted by Crippen LogP contribution is -2.40. The Bertz CT molecular complexity index is 500. The van der Waals surface area contributed by atoms with E-state index in [0.29, 0.717) is 19.7 Å². The second-order valence-electron chi connectivity index (χ2n) is 7.67. The molecular weight excluding hydrogens is 360 g/mol. The first kappa shape index (κ1) is 25.9. The van der Waals surface area contributed by atoms with Crippen molar-refractivity contribution in [2.75, 3.05) is 40.4 Å². The Kier molecular flexibility index (Phi) is 11.8. The van der Waals surface area contributed by atoms with E-state index in [9.17, 15) is 4.79 Å². The standard InChI is InChI=1S/C19H34N2O3S.C2H6/c1-8-21(17(22)24-18(2,3)4)13-11-19(5,15-23-7)25-16-10-9-12-20(6)14-16;1-2/h9-10,14H,8,11-13,15H2,1-7H3;1-2H3. The van der Waals surface area contributed by atoms with E-state index in [2.05, 4.69) is 37.2 Å². The van der Waals surface area contributed by atoms with Gasteiger partial charge in [0.2, 0.25) is 0 Å². The highest BCUT2D eigenvalue weighted by Crippen LogP contribution is 2.37. The number of likely N-dealkylation sites (N-methyl/N-ethyl adjacent to an activating group) is 1. The summed E-state index contributed by atoms with van der Waals surface area (Å²) in [5.41, 5.74) is -0.475. The number of nitrogens with zero attached hydrogens (tertiary/aromatic N) is 2. The Morgan fingerprint density at radius 3 is 2.41 bits per heavy atom. The maximum absolute atomic E-state index is 12.3. The van der Waals surface area contributed by atoms with Crippen LogP contribution in [0.1, 0.15) is 54.9 Å². The van der Waals surface area contributed by atoms with Crippen molar-refractivity contribution >= 4 is 17.9 Å². The number of rotatable bonds is 8. The second kappa shape index (κ2) is 12.3. The third-order valence-electron chi connectivity index (χ3n) is 3.78. The molecule has 158 valence electrons.